The molecule has 1 aromatic carbocycles. The van der Waals surface area contributed by atoms with Crippen LogP contribution in [0, 0.1) is 0 Å². The van der Waals surface area contributed by atoms with E-state index in [-0.39, 0.29) is 18.6 Å². The molecule has 2 aliphatic rings. The fourth-order valence-corrected chi connectivity index (χ4v) is 5.62. The van der Waals surface area contributed by atoms with Gasteiger partial charge in [-0.15, -0.1) is 0 Å². The molecule has 0 radical (unpaired) electrons. The molecule has 1 unspecified atom stereocenters. The molecule has 0 saturated carbocycles. The molecule has 2 aliphatic heterocycles. The molecule has 2 aromatic heterocycles. The van der Waals surface area contributed by atoms with E-state index in [1.54, 1.807) is 18.2 Å². The van der Waals surface area contributed by atoms with Gasteiger partial charge in [0.25, 0.3) is 5.91 Å². The third-order valence-corrected chi connectivity index (χ3v) is 7.68. The van der Waals surface area contributed by atoms with Crippen LogP contribution in [0.25, 0.3) is 5.65 Å². The molecular formula is C24H26BrClN4O3. The van der Waals surface area contributed by atoms with Gasteiger partial charge in [-0.1, -0.05) is 17.7 Å². The average Bonchev–Trinajstić information content (AvgIpc) is 3.23. The lowest BCUT2D eigenvalue weighted by atomic mass is 9.76. The Morgan fingerprint density at radius 3 is 2.94 bits per heavy atom. The molecule has 1 fully saturated rings. The molecule has 7 nitrogen and oxygen atoms in total. The lowest BCUT2D eigenvalue weighted by Gasteiger charge is -2.48. The fraction of sp³-hybridized carbons (Fsp3) is 0.417. The van der Waals surface area contributed by atoms with Crippen molar-refractivity contribution in [3.05, 3.63) is 68.5 Å². The number of piperidine rings is 1. The first kappa shape index (κ1) is 22.8. The number of amides is 1. The van der Waals surface area contributed by atoms with E-state index in [0.717, 1.165) is 15.6 Å². The third-order valence-electron chi connectivity index (χ3n) is 7.01. The van der Waals surface area contributed by atoms with Crippen molar-refractivity contribution in [1.82, 2.24) is 19.6 Å². The predicted molar refractivity (Wildman–Crippen MR) is 130 cm³/mol. The fourth-order valence-electron chi connectivity index (χ4n) is 4.96. The summed E-state index contributed by atoms with van der Waals surface area (Å²) in [4.78, 5) is 19.6. The first-order chi connectivity index (χ1) is 15.8. The smallest absolute Gasteiger partial charge is 0.274 e. The van der Waals surface area contributed by atoms with E-state index in [9.17, 15) is 9.90 Å². The van der Waals surface area contributed by atoms with Crippen LogP contribution in [-0.2, 0) is 17.7 Å². The number of halogens is 2. The van der Waals surface area contributed by atoms with Crippen molar-refractivity contribution in [2.45, 2.75) is 44.1 Å². The molecule has 0 bridgehead atoms. The van der Waals surface area contributed by atoms with Crippen LogP contribution in [0.15, 0.2) is 41.1 Å². The third kappa shape index (κ3) is 4.08. The van der Waals surface area contributed by atoms with Crippen LogP contribution < -0.4 is 5.32 Å². The van der Waals surface area contributed by atoms with Gasteiger partial charge in [-0.05, 0) is 65.0 Å². The number of methoxy groups -OCH3 is 1. The quantitative estimate of drug-likeness (QED) is 0.536. The molecule has 1 spiro atoms. The molecule has 2 N–H and O–H groups in total. The largest absolute Gasteiger partial charge is 0.389 e. The van der Waals surface area contributed by atoms with Crippen LogP contribution >= 0.6 is 27.5 Å². The molecule has 3 aromatic rings. The van der Waals surface area contributed by atoms with Crippen molar-refractivity contribution < 1.29 is 14.6 Å². The summed E-state index contributed by atoms with van der Waals surface area (Å²) in [6, 6.07) is 7.86. The summed E-state index contributed by atoms with van der Waals surface area (Å²) in [5.41, 5.74) is 3.84. The Balaban J connectivity index is 1.37. The highest BCUT2D eigenvalue weighted by atomic mass is 79.9. The Morgan fingerprint density at radius 1 is 1.36 bits per heavy atom. The highest BCUT2D eigenvalue weighted by Crippen LogP contribution is 2.34. The zero-order chi connectivity index (χ0) is 23.3. The number of fused-ring (bicyclic) bond motifs is 2. The molecular weight excluding hydrogens is 508 g/mol. The van der Waals surface area contributed by atoms with Gasteiger partial charge in [-0.25, -0.2) is 4.98 Å². The second-order valence-electron chi connectivity index (χ2n) is 8.97. The lowest BCUT2D eigenvalue weighted by molar-refractivity contribution is -0.0140. The van der Waals surface area contributed by atoms with E-state index in [0.29, 0.717) is 42.3 Å². The number of pyridine rings is 1. The number of hydrogen-bond donors (Lipinski definition) is 2. The molecule has 9 heteroatoms. The van der Waals surface area contributed by atoms with Gasteiger partial charge in [0, 0.05) is 54.2 Å². The van der Waals surface area contributed by atoms with E-state index >= 15 is 0 Å². The van der Waals surface area contributed by atoms with Crippen LogP contribution in [0.1, 0.15) is 46.6 Å². The molecule has 174 valence electrons. The van der Waals surface area contributed by atoms with Crippen molar-refractivity contribution in [3.63, 3.8) is 0 Å². The maximum absolute atomic E-state index is 13.3. The van der Waals surface area contributed by atoms with Gasteiger partial charge in [0.2, 0.25) is 0 Å². The molecule has 4 heterocycles. The summed E-state index contributed by atoms with van der Waals surface area (Å²) in [7, 11) is 1.65. The zero-order valence-electron chi connectivity index (χ0n) is 18.5. The van der Waals surface area contributed by atoms with Gasteiger partial charge < -0.3 is 24.5 Å². The maximum atomic E-state index is 13.3. The summed E-state index contributed by atoms with van der Waals surface area (Å²) in [5, 5.41) is 15.4. The van der Waals surface area contributed by atoms with Crippen LogP contribution in [0.2, 0.25) is 5.02 Å². The molecule has 0 aliphatic carbocycles. The number of carbonyl (C=O) groups is 1. The predicted octanol–water partition coefficient (Wildman–Crippen LogP) is 3.75. The van der Waals surface area contributed by atoms with Crippen molar-refractivity contribution in [1.29, 1.82) is 0 Å². The van der Waals surface area contributed by atoms with Gasteiger partial charge in [0.05, 0.1) is 17.7 Å². The Morgan fingerprint density at radius 2 is 2.18 bits per heavy atom. The van der Waals surface area contributed by atoms with E-state index < -0.39 is 11.6 Å². The Kier molecular flexibility index (Phi) is 5.99. The second kappa shape index (κ2) is 8.67. The number of aliphatic hydroxyl groups is 1. The summed E-state index contributed by atoms with van der Waals surface area (Å²) < 4.78 is 8.20. The van der Waals surface area contributed by atoms with Crippen molar-refractivity contribution in [2.75, 3.05) is 20.2 Å². The standard InChI is InChI=1S/C24H26BrClN4O3/c1-14(33-2)19-8-17(25)11-30-12-20(28-22(19)30)23(32)29-6-5-24(21(31)13-29)9-16-7-18(26)4-3-15(16)10-27-24/h3-4,7-8,11-12,14,21,27,31H,5-6,9-10,13H2,1-2H3/t14?,21-,24+/m1/s1. The monoisotopic (exact) mass is 532 g/mol. The van der Waals surface area contributed by atoms with Crippen LogP contribution in [0.3, 0.4) is 0 Å². The van der Waals surface area contributed by atoms with Crippen molar-refractivity contribution in [2.24, 2.45) is 0 Å². The number of likely N-dealkylation sites (tertiary alicyclic amines) is 1. The number of hydrogen-bond acceptors (Lipinski definition) is 5. The van der Waals surface area contributed by atoms with E-state index in [4.69, 9.17) is 16.3 Å². The Bertz CT molecular complexity index is 1230. The number of nitrogens with zero attached hydrogens (tertiary/aromatic N) is 3. The number of aromatic nitrogens is 2. The molecule has 33 heavy (non-hydrogen) atoms. The molecule has 3 atom stereocenters. The van der Waals surface area contributed by atoms with Crippen LogP contribution in [-0.4, -0.2) is 57.1 Å². The van der Waals surface area contributed by atoms with Crippen LogP contribution in [0.4, 0.5) is 0 Å². The lowest BCUT2D eigenvalue weighted by Crippen LogP contribution is -2.65. The highest BCUT2D eigenvalue weighted by molar-refractivity contribution is 9.10. The van der Waals surface area contributed by atoms with Gasteiger partial charge in [-0.3, -0.25) is 4.79 Å². The van der Waals surface area contributed by atoms with Crippen molar-refractivity contribution in [3.8, 4) is 0 Å². The number of nitrogens with one attached hydrogen (secondary N) is 1. The molecule has 1 saturated heterocycles. The Hall–Kier alpha value is -1.97. The summed E-state index contributed by atoms with van der Waals surface area (Å²) in [6.07, 6.45) is 4.09. The van der Waals surface area contributed by atoms with Gasteiger partial charge in [0.1, 0.15) is 11.3 Å². The van der Waals surface area contributed by atoms with Gasteiger partial charge >= 0.3 is 0 Å². The number of benzene rings is 1. The zero-order valence-corrected chi connectivity index (χ0v) is 20.9. The first-order valence-electron chi connectivity index (χ1n) is 11.0. The minimum Gasteiger partial charge on any atom is -0.389 e. The van der Waals surface area contributed by atoms with E-state index in [2.05, 4.69) is 26.2 Å². The van der Waals surface area contributed by atoms with Crippen LogP contribution in [0.5, 0.6) is 0 Å². The number of carbonyl (C=O) groups excluding carboxylic acids is 1. The normalized spacial score (nSPS) is 23.7. The summed E-state index contributed by atoms with van der Waals surface area (Å²) in [5.74, 6) is -0.181. The van der Waals surface area contributed by atoms with E-state index in [1.807, 2.05) is 41.8 Å². The highest BCUT2D eigenvalue weighted by Gasteiger charge is 2.45. The summed E-state index contributed by atoms with van der Waals surface area (Å²) in [6.45, 7) is 3.42. The number of rotatable bonds is 3. The first-order valence-corrected chi connectivity index (χ1v) is 12.2. The maximum Gasteiger partial charge on any atom is 0.274 e. The molecule has 5 rings (SSSR count). The van der Waals surface area contributed by atoms with E-state index in [1.165, 1.54) is 5.56 Å². The SMILES string of the molecule is COC(C)c1cc(Br)cn2cc(C(=O)N3CC[C@]4(Cc5cc(Cl)ccc5CN4)[C@H](O)C3)nc12. The van der Waals surface area contributed by atoms with Gasteiger partial charge in [0.15, 0.2) is 0 Å². The average molecular weight is 534 g/mol. The minimum atomic E-state index is -0.697. The minimum absolute atomic E-state index is 0.166. The molecule has 1 amide bonds. The number of ether oxygens (including phenoxy) is 1. The number of imidazole rings is 1. The number of β-amino-alcohol motifs (C(OH)–C–C–N with tert-alkyl or cyclic N) is 1. The van der Waals surface area contributed by atoms with Crippen molar-refractivity contribution >= 4 is 39.1 Å². The topological polar surface area (TPSA) is 79.1 Å². The number of aliphatic hydroxyl groups excluding tert-OH is 1. The second-order valence-corrected chi connectivity index (χ2v) is 10.3. The summed E-state index contributed by atoms with van der Waals surface area (Å²) >= 11 is 9.72. The Labute approximate surface area is 205 Å². The van der Waals surface area contributed by atoms with Gasteiger partial charge in [-0.2, -0.15) is 0 Å².